The van der Waals surface area contributed by atoms with Crippen molar-refractivity contribution in [2.45, 2.75) is 46.1 Å². The van der Waals surface area contributed by atoms with Gasteiger partial charge in [0.25, 0.3) is 0 Å². The van der Waals surface area contributed by atoms with E-state index < -0.39 is 0 Å². The maximum absolute atomic E-state index is 7.81. The molecule has 0 spiro atoms. The summed E-state index contributed by atoms with van der Waals surface area (Å²) in [5.41, 5.74) is 0.215. The second-order valence-electron chi connectivity index (χ2n) is 4.53. The molecule has 1 N–H and O–H groups in total. The molecule has 1 unspecified atom stereocenters. The summed E-state index contributed by atoms with van der Waals surface area (Å²) < 4.78 is 0. The fourth-order valence-electron chi connectivity index (χ4n) is 2.25. The lowest BCUT2D eigenvalue weighted by Crippen LogP contribution is -2.41. The van der Waals surface area contributed by atoms with Crippen molar-refractivity contribution in [1.82, 2.24) is 4.90 Å². The SMILES string of the molecule is CCC(=N)N1CC(C)CC1(C)C. The van der Waals surface area contributed by atoms with Crippen LogP contribution in [-0.2, 0) is 0 Å². The maximum atomic E-state index is 7.81. The lowest BCUT2D eigenvalue weighted by Gasteiger charge is -2.33. The van der Waals surface area contributed by atoms with Crippen molar-refractivity contribution >= 4 is 5.84 Å². The van der Waals surface area contributed by atoms with Crippen LogP contribution in [-0.4, -0.2) is 22.8 Å². The smallest absolute Gasteiger partial charge is 0.0959 e. The van der Waals surface area contributed by atoms with E-state index in [9.17, 15) is 0 Å². The third-order valence-corrected chi connectivity index (χ3v) is 2.73. The molecule has 1 atom stereocenters. The molecule has 2 heteroatoms. The molecule has 1 aliphatic rings. The van der Waals surface area contributed by atoms with Crippen LogP contribution in [0, 0.1) is 11.3 Å². The van der Waals surface area contributed by atoms with Crippen molar-refractivity contribution in [3.63, 3.8) is 0 Å². The Hall–Kier alpha value is -0.530. The fraction of sp³-hybridized carbons (Fsp3) is 0.900. The van der Waals surface area contributed by atoms with Crippen molar-refractivity contribution in [3.8, 4) is 0 Å². The third-order valence-electron chi connectivity index (χ3n) is 2.73. The van der Waals surface area contributed by atoms with Crippen LogP contribution in [0.25, 0.3) is 0 Å². The molecule has 0 aromatic rings. The monoisotopic (exact) mass is 168 g/mol. The number of nitrogens with one attached hydrogen (secondary N) is 1. The molecule has 0 amide bonds. The van der Waals surface area contributed by atoms with Gasteiger partial charge in [0.1, 0.15) is 0 Å². The average Bonchev–Trinajstić information content (AvgIpc) is 2.23. The van der Waals surface area contributed by atoms with E-state index in [1.807, 2.05) is 0 Å². The predicted octanol–water partition coefficient (Wildman–Crippen LogP) is 2.49. The van der Waals surface area contributed by atoms with Gasteiger partial charge in [-0.05, 0) is 26.2 Å². The van der Waals surface area contributed by atoms with E-state index >= 15 is 0 Å². The molecule has 1 saturated heterocycles. The van der Waals surface area contributed by atoms with Gasteiger partial charge < -0.3 is 4.90 Å². The first-order valence-corrected chi connectivity index (χ1v) is 4.82. The Morgan fingerprint density at radius 3 is 2.50 bits per heavy atom. The molecule has 0 bridgehead atoms. The Balaban J connectivity index is 2.71. The Morgan fingerprint density at radius 1 is 1.58 bits per heavy atom. The van der Waals surface area contributed by atoms with Gasteiger partial charge in [-0.2, -0.15) is 0 Å². The Morgan fingerprint density at radius 2 is 2.17 bits per heavy atom. The van der Waals surface area contributed by atoms with Crippen LogP contribution in [0.2, 0.25) is 0 Å². The minimum Gasteiger partial charge on any atom is -0.355 e. The van der Waals surface area contributed by atoms with Crippen LogP contribution in [0.4, 0.5) is 0 Å². The molecule has 0 aliphatic carbocycles. The Bertz CT molecular complexity index is 184. The first-order chi connectivity index (χ1) is 5.47. The molecule has 70 valence electrons. The molecule has 1 rings (SSSR count). The highest BCUT2D eigenvalue weighted by molar-refractivity contribution is 5.79. The van der Waals surface area contributed by atoms with Gasteiger partial charge in [-0.1, -0.05) is 13.8 Å². The molecule has 1 heterocycles. The van der Waals surface area contributed by atoms with E-state index in [2.05, 4.69) is 32.6 Å². The molecule has 12 heavy (non-hydrogen) atoms. The molecule has 0 radical (unpaired) electrons. The summed E-state index contributed by atoms with van der Waals surface area (Å²) in [6.45, 7) is 9.87. The van der Waals surface area contributed by atoms with Gasteiger partial charge in [0.05, 0.1) is 5.84 Å². The maximum Gasteiger partial charge on any atom is 0.0959 e. The topological polar surface area (TPSA) is 27.1 Å². The summed E-state index contributed by atoms with van der Waals surface area (Å²) >= 11 is 0. The van der Waals surface area contributed by atoms with Gasteiger partial charge in [-0.15, -0.1) is 0 Å². The highest BCUT2D eigenvalue weighted by Crippen LogP contribution is 2.32. The highest BCUT2D eigenvalue weighted by Gasteiger charge is 2.36. The van der Waals surface area contributed by atoms with Crippen LogP contribution in [0.1, 0.15) is 40.5 Å². The number of hydrogen-bond acceptors (Lipinski definition) is 1. The van der Waals surface area contributed by atoms with E-state index in [1.165, 1.54) is 6.42 Å². The summed E-state index contributed by atoms with van der Waals surface area (Å²) in [6, 6.07) is 0. The fourth-order valence-corrected chi connectivity index (χ4v) is 2.25. The molecular weight excluding hydrogens is 148 g/mol. The average molecular weight is 168 g/mol. The molecular formula is C10H20N2. The first kappa shape index (κ1) is 9.56. The second kappa shape index (κ2) is 3.08. The lowest BCUT2D eigenvalue weighted by molar-refractivity contribution is 0.276. The Kier molecular flexibility index (Phi) is 2.45. The van der Waals surface area contributed by atoms with Gasteiger partial charge in [0.15, 0.2) is 0 Å². The van der Waals surface area contributed by atoms with E-state index in [4.69, 9.17) is 5.41 Å². The summed E-state index contributed by atoms with van der Waals surface area (Å²) in [5, 5.41) is 7.81. The zero-order valence-electron chi connectivity index (χ0n) is 8.65. The minimum atomic E-state index is 0.215. The summed E-state index contributed by atoms with van der Waals surface area (Å²) in [5.74, 6) is 1.54. The van der Waals surface area contributed by atoms with Crippen molar-refractivity contribution < 1.29 is 0 Å². The number of nitrogens with zero attached hydrogens (tertiary/aromatic N) is 1. The number of amidine groups is 1. The summed E-state index contributed by atoms with van der Waals surface area (Å²) in [6.07, 6.45) is 2.07. The van der Waals surface area contributed by atoms with Gasteiger partial charge in [0.2, 0.25) is 0 Å². The van der Waals surface area contributed by atoms with Crippen molar-refractivity contribution in [1.29, 1.82) is 5.41 Å². The van der Waals surface area contributed by atoms with Crippen LogP contribution in [0.5, 0.6) is 0 Å². The quantitative estimate of drug-likeness (QED) is 0.472. The molecule has 1 fully saturated rings. The zero-order valence-corrected chi connectivity index (χ0v) is 8.65. The van der Waals surface area contributed by atoms with E-state index in [0.717, 1.165) is 24.7 Å². The standard InChI is InChI=1S/C10H20N2/c1-5-9(11)12-7-8(2)6-10(12,3)4/h8,11H,5-7H2,1-4H3. The van der Waals surface area contributed by atoms with Gasteiger partial charge in [0, 0.05) is 18.5 Å². The van der Waals surface area contributed by atoms with Crippen molar-refractivity contribution in [3.05, 3.63) is 0 Å². The van der Waals surface area contributed by atoms with E-state index in [-0.39, 0.29) is 5.54 Å². The Labute approximate surface area is 75.5 Å². The minimum absolute atomic E-state index is 0.215. The van der Waals surface area contributed by atoms with Gasteiger partial charge in [-0.3, -0.25) is 5.41 Å². The van der Waals surface area contributed by atoms with Crippen molar-refractivity contribution in [2.75, 3.05) is 6.54 Å². The number of likely N-dealkylation sites (tertiary alicyclic amines) is 1. The summed E-state index contributed by atoms with van der Waals surface area (Å²) in [4.78, 5) is 2.25. The number of hydrogen-bond donors (Lipinski definition) is 1. The van der Waals surface area contributed by atoms with Crippen LogP contribution in [0.3, 0.4) is 0 Å². The third kappa shape index (κ3) is 1.62. The van der Waals surface area contributed by atoms with Crippen LogP contribution < -0.4 is 0 Å². The lowest BCUT2D eigenvalue weighted by atomic mass is 9.97. The molecule has 1 aliphatic heterocycles. The molecule has 0 aromatic carbocycles. The number of rotatable bonds is 1. The second-order valence-corrected chi connectivity index (χ2v) is 4.53. The molecule has 2 nitrogen and oxygen atoms in total. The highest BCUT2D eigenvalue weighted by atomic mass is 15.2. The first-order valence-electron chi connectivity index (χ1n) is 4.82. The van der Waals surface area contributed by atoms with Crippen LogP contribution in [0.15, 0.2) is 0 Å². The van der Waals surface area contributed by atoms with Crippen molar-refractivity contribution in [2.24, 2.45) is 5.92 Å². The zero-order chi connectivity index (χ0) is 9.35. The van der Waals surface area contributed by atoms with E-state index in [0.29, 0.717) is 0 Å². The predicted molar refractivity (Wildman–Crippen MR) is 52.6 cm³/mol. The molecule has 0 saturated carbocycles. The largest absolute Gasteiger partial charge is 0.355 e. The van der Waals surface area contributed by atoms with E-state index in [1.54, 1.807) is 0 Å². The summed E-state index contributed by atoms with van der Waals surface area (Å²) in [7, 11) is 0. The van der Waals surface area contributed by atoms with Gasteiger partial charge >= 0.3 is 0 Å². The normalized spacial score (nSPS) is 27.7. The van der Waals surface area contributed by atoms with Gasteiger partial charge in [-0.25, -0.2) is 0 Å². The molecule has 0 aromatic heterocycles. The van der Waals surface area contributed by atoms with Crippen LogP contribution >= 0.6 is 0 Å².